The number of nitro groups is 1. The first kappa shape index (κ1) is 20.0. The van der Waals surface area contributed by atoms with Gasteiger partial charge in [-0.3, -0.25) is 14.9 Å². The Morgan fingerprint density at radius 2 is 2.00 bits per heavy atom. The molecule has 3 aromatic rings. The molecule has 1 fully saturated rings. The van der Waals surface area contributed by atoms with Crippen LogP contribution >= 0.6 is 11.6 Å². The normalized spacial score (nSPS) is 16.5. The van der Waals surface area contributed by atoms with Crippen molar-refractivity contribution in [1.29, 1.82) is 0 Å². The number of piperidine rings is 1. The first-order chi connectivity index (χ1) is 14.4. The van der Waals surface area contributed by atoms with Crippen LogP contribution < -0.4 is 0 Å². The Balaban J connectivity index is 1.61. The smallest absolute Gasteiger partial charge is 0.270 e. The number of carbonyl (C=O) groups is 1. The average molecular weight is 431 g/mol. The van der Waals surface area contributed by atoms with Crippen molar-refractivity contribution in [3.8, 4) is 11.4 Å². The maximum absolute atomic E-state index is 13.1. The zero-order valence-corrected chi connectivity index (χ0v) is 16.4. The highest BCUT2D eigenvalue weighted by molar-refractivity contribution is 6.34. The largest absolute Gasteiger partial charge is 0.337 e. The third kappa shape index (κ3) is 3.88. The molecule has 1 aromatic heterocycles. The van der Waals surface area contributed by atoms with E-state index in [1.54, 1.807) is 17.0 Å². The Morgan fingerprint density at radius 3 is 2.70 bits per heavy atom. The van der Waals surface area contributed by atoms with Crippen molar-refractivity contribution in [3.05, 3.63) is 74.9 Å². The Bertz CT molecular complexity index is 1100. The van der Waals surface area contributed by atoms with Crippen molar-refractivity contribution >= 4 is 23.2 Å². The van der Waals surface area contributed by atoms with E-state index in [1.807, 2.05) is 0 Å². The van der Waals surface area contributed by atoms with E-state index in [2.05, 4.69) is 10.1 Å². The molecule has 1 atom stereocenters. The lowest BCUT2D eigenvalue weighted by Crippen LogP contribution is -2.38. The molecule has 2 aromatic carbocycles. The number of likely N-dealkylation sites (tertiary alicyclic amines) is 1. The number of nitro benzene ring substituents is 1. The van der Waals surface area contributed by atoms with Crippen LogP contribution in [-0.4, -0.2) is 32.4 Å². The molecule has 1 amide bonds. The molecule has 10 heteroatoms. The molecule has 1 aliphatic rings. The lowest BCUT2D eigenvalue weighted by Gasteiger charge is -2.33. The third-order valence-electron chi connectivity index (χ3n) is 4.99. The number of hydrogen-bond acceptors (Lipinski definition) is 6. The summed E-state index contributed by atoms with van der Waals surface area (Å²) in [6.45, 7) is 0.463. The summed E-state index contributed by atoms with van der Waals surface area (Å²) in [7, 11) is 0. The number of aromatic nitrogens is 2. The van der Waals surface area contributed by atoms with Crippen LogP contribution in [0.3, 0.4) is 0 Å². The molecule has 0 spiro atoms. The molecule has 4 rings (SSSR count). The number of benzene rings is 2. The van der Waals surface area contributed by atoms with Gasteiger partial charge in [0.15, 0.2) is 0 Å². The van der Waals surface area contributed by atoms with E-state index in [-0.39, 0.29) is 33.9 Å². The number of non-ortho nitro benzene ring substituents is 1. The number of halogens is 2. The minimum Gasteiger partial charge on any atom is -0.337 e. The average Bonchev–Trinajstić information content (AvgIpc) is 3.24. The van der Waals surface area contributed by atoms with E-state index in [1.165, 1.54) is 24.3 Å². The van der Waals surface area contributed by atoms with E-state index < -0.39 is 11.0 Å². The van der Waals surface area contributed by atoms with Gasteiger partial charge in [-0.05, 0) is 49.6 Å². The summed E-state index contributed by atoms with van der Waals surface area (Å²) >= 11 is 6.14. The molecule has 30 heavy (non-hydrogen) atoms. The summed E-state index contributed by atoms with van der Waals surface area (Å²) in [5, 5.41) is 14.9. The summed E-state index contributed by atoms with van der Waals surface area (Å²) < 4.78 is 18.6. The highest BCUT2D eigenvalue weighted by atomic mass is 35.5. The molecular weight excluding hydrogens is 415 g/mol. The van der Waals surface area contributed by atoms with Gasteiger partial charge in [-0.25, -0.2) is 4.39 Å². The standard InChI is InChI=1S/C20H16ClFN4O4/c21-16-11-14(26(28)29)8-9-15(16)20(27)25-10-2-1-3-17(25)19-23-18(24-30-19)12-4-6-13(22)7-5-12/h4-9,11,17H,1-3,10H2. The second kappa shape index (κ2) is 8.19. The van der Waals surface area contributed by atoms with Crippen molar-refractivity contribution in [2.24, 2.45) is 0 Å². The first-order valence-electron chi connectivity index (χ1n) is 9.28. The monoisotopic (exact) mass is 430 g/mol. The topological polar surface area (TPSA) is 102 Å². The predicted octanol–water partition coefficient (Wildman–Crippen LogP) is 4.80. The molecule has 1 unspecified atom stereocenters. The van der Waals surface area contributed by atoms with E-state index in [0.29, 0.717) is 24.4 Å². The molecule has 0 bridgehead atoms. The van der Waals surface area contributed by atoms with Crippen molar-refractivity contribution in [2.75, 3.05) is 6.54 Å². The summed E-state index contributed by atoms with van der Waals surface area (Å²) in [6, 6.07) is 9.02. The maximum atomic E-state index is 13.1. The fourth-order valence-electron chi connectivity index (χ4n) is 3.46. The molecule has 1 aliphatic heterocycles. The molecule has 0 N–H and O–H groups in total. The Labute approximate surface area is 175 Å². The summed E-state index contributed by atoms with van der Waals surface area (Å²) in [4.78, 5) is 29.5. The van der Waals surface area contributed by atoms with Gasteiger partial charge < -0.3 is 9.42 Å². The summed E-state index contributed by atoms with van der Waals surface area (Å²) in [6.07, 6.45) is 2.30. The fraction of sp³-hybridized carbons (Fsp3) is 0.250. The van der Waals surface area contributed by atoms with Crippen LogP contribution in [0.1, 0.15) is 41.6 Å². The highest BCUT2D eigenvalue weighted by Crippen LogP contribution is 2.34. The van der Waals surface area contributed by atoms with Gasteiger partial charge in [-0.2, -0.15) is 4.98 Å². The fourth-order valence-corrected chi connectivity index (χ4v) is 3.72. The van der Waals surface area contributed by atoms with Crippen LogP contribution in [0, 0.1) is 15.9 Å². The molecule has 1 saturated heterocycles. The van der Waals surface area contributed by atoms with Crippen molar-refractivity contribution < 1.29 is 18.6 Å². The molecule has 8 nitrogen and oxygen atoms in total. The van der Waals surface area contributed by atoms with Crippen molar-refractivity contribution in [1.82, 2.24) is 15.0 Å². The zero-order valence-electron chi connectivity index (χ0n) is 15.6. The van der Waals surface area contributed by atoms with E-state index in [0.717, 1.165) is 18.9 Å². The van der Waals surface area contributed by atoms with Crippen LogP contribution in [0.2, 0.25) is 5.02 Å². The van der Waals surface area contributed by atoms with Gasteiger partial charge in [0.25, 0.3) is 11.6 Å². The third-order valence-corrected chi connectivity index (χ3v) is 5.30. The lowest BCUT2D eigenvalue weighted by molar-refractivity contribution is -0.384. The van der Waals surface area contributed by atoms with Gasteiger partial charge in [-0.15, -0.1) is 0 Å². The maximum Gasteiger partial charge on any atom is 0.270 e. The molecule has 2 heterocycles. The summed E-state index contributed by atoms with van der Waals surface area (Å²) in [5.74, 6) is -0.149. The van der Waals surface area contributed by atoms with Gasteiger partial charge in [0.2, 0.25) is 11.7 Å². The van der Waals surface area contributed by atoms with Crippen molar-refractivity contribution in [2.45, 2.75) is 25.3 Å². The minimum absolute atomic E-state index is 0.0102. The molecule has 0 saturated carbocycles. The number of hydrogen-bond donors (Lipinski definition) is 0. The molecule has 0 aliphatic carbocycles. The van der Waals surface area contributed by atoms with Gasteiger partial charge in [-0.1, -0.05) is 16.8 Å². The van der Waals surface area contributed by atoms with Crippen LogP contribution in [0.25, 0.3) is 11.4 Å². The van der Waals surface area contributed by atoms with Crippen LogP contribution in [0.15, 0.2) is 47.0 Å². The van der Waals surface area contributed by atoms with Crippen LogP contribution in [0.4, 0.5) is 10.1 Å². The number of amides is 1. The van der Waals surface area contributed by atoms with Gasteiger partial charge in [0.05, 0.1) is 15.5 Å². The molecule has 154 valence electrons. The van der Waals surface area contributed by atoms with Crippen LogP contribution in [0.5, 0.6) is 0 Å². The first-order valence-corrected chi connectivity index (χ1v) is 9.66. The van der Waals surface area contributed by atoms with Crippen molar-refractivity contribution in [3.63, 3.8) is 0 Å². The van der Waals surface area contributed by atoms with E-state index >= 15 is 0 Å². The highest BCUT2D eigenvalue weighted by Gasteiger charge is 2.33. The Morgan fingerprint density at radius 1 is 1.23 bits per heavy atom. The molecular formula is C20H16ClFN4O4. The second-order valence-electron chi connectivity index (χ2n) is 6.89. The van der Waals surface area contributed by atoms with Gasteiger partial charge in [0, 0.05) is 24.2 Å². The SMILES string of the molecule is O=C(c1ccc([N+](=O)[O-])cc1Cl)N1CCCCC1c1nc(-c2ccc(F)cc2)no1. The lowest BCUT2D eigenvalue weighted by atomic mass is 10.0. The van der Waals surface area contributed by atoms with E-state index in [9.17, 15) is 19.3 Å². The Hall–Kier alpha value is -3.33. The number of nitrogens with zero attached hydrogens (tertiary/aromatic N) is 4. The van der Waals surface area contributed by atoms with Gasteiger partial charge in [0.1, 0.15) is 11.9 Å². The predicted molar refractivity (Wildman–Crippen MR) is 105 cm³/mol. The zero-order chi connectivity index (χ0) is 21.3. The minimum atomic E-state index is -0.570. The Kier molecular flexibility index (Phi) is 5.45. The van der Waals surface area contributed by atoms with Gasteiger partial charge >= 0.3 is 0 Å². The van der Waals surface area contributed by atoms with E-state index in [4.69, 9.17) is 16.1 Å². The number of rotatable bonds is 4. The second-order valence-corrected chi connectivity index (χ2v) is 7.30. The summed E-state index contributed by atoms with van der Waals surface area (Å²) in [5.41, 5.74) is 0.582. The van der Waals surface area contributed by atoms with Crippen LogP contribution in [-0.2, 0) is 0 Å². The quantitative estimate of drug-likeness (QED) is 0.435. The number of carbonyl (C=O) groups excluding carboxylic acids is 1. The molecule has 0 radical (unpaired) electrons.